The number of morpholine rings is 1. The van der Waals surface area contributed by atoms with Gasteiger partial charge in [0.2, 0.25) is 5.91 Å². The van der Waals surface area contributed by atoms with Crippen LogP contribution in [0.25, 0.3) is 0 Å². The van der Waals surface area contributed by atoms with E-state index >= 15 is 0 Å². The lowest BCUT2D eigenvalue weighted by molar-refractivity contribution is -0.117. The molecule has 26 heavy (non-hydrogen) atoms. The largest absolute Gasteiger partial charge is 0.455 e. The van der Waals surface area contributed by atoms with Gasteiger partial charge in [-0.25, -0.2) is 0 Å². The summed E-state index contributed by atoms with van der Waals surface area (Å²) in [6.45, 7) is 6.60. The second kappa shape index (κ2) is 8.83. The normalized spacial score (nSPS) is 20.5. The number of para-hydroxylation sites is 3. The quantitative estimate of drug-likeness (QED) is 0.854. The third-order valence-electron chi connectivity index (χ3n) is 4.28. The fourth-order valence-electron chi connectivity index (χ4n) is 3.21. The zero-order chi connectivity index (χ0) is 18.4. The molecule has 0 unspecified atom stereocenters. The van der Waals surface area contributed by atoms with Gasteiger partial charge in [0.15, 0.2) is 5.75 Å². The molecule has 0 aliphatic carbocycles. The molecule has 2 aromatic carbocycles. The standard InChI is InChI=1S/C21H26N2O3/c1-16-14-23(15-17(2)25-16)13-12-21(24)22-19-10-6-7-11-20(19)26-18-8-4-3-5-9-18/h3-11,16-17H,12-15H2,1-2H3,(H,22,24)/t16-,17-/m0/s1. The summed E-state index contributed by atoms with van der Waals surface area (Å²) in [6, 6.07) is 17.0. The Morgan fingerprint density at radius 1 is 1.08 bits per heavy atom. The maximum absolute atomic E-state index is 12.4. The Bertz CT molecular complexity index is 710. The van der Waals surface area contributed by atoms with Crippen molar-refractivity contribution in [2.45, 2.75) is 32.5 Å². The summed E-state index contributed by atoms with van der Waals surface area (Å²) in [5.74, 6) is 1.37. The van der Waals surface area contributed by atoms with Gasteiger partial charge in [-0.15, -0.1) is 0 Å². The molecule has 0 saturated carbocycles. The van der Waals surface area contributed by atoms with Gasteiger partial charge in [-0.05, 0) is 38.1 Å². The molecule has 2 aromatic rings. The third-order valence-corrected chi connectivity index (χ3v) is 4.28. The minimum Gasteiger partial charge on any atom is -0.455 e. The highest BCUT2D eigenvalue weighted by molar-refractivity contribution is 5.92. The minimum atomic E-state index is -0.0130. The van der Waals surface area contributed by atoms with Crippen molar-refractivity contribution in [1.29, 1.82) is 0 Å². The molecule has 1 heterocycles. The second-order valence-corrected chi connectivity index (χ2v) is 6.73. The Morgan fingerprint density at radius 2 is 1.73 bits per heavy atom. The predicted molar refractivity (Wildman–Crippen MR) is 103 cm³/mol. The van der Waals surface area contributed by atoms with E-state index in [1.165, 1.54) is 0 Å². The van der Waals surface area contributed by atoms with Gasteiger partial charge in [-0.2, -0.15) is 0 Å². The predicted octanol–water partition coefficient (Wildman–Crippen LogP) is 3.92. The Balaban J connectivity index is 1.56. The van der Waals surface area contributed by atoms with Crippen LogP contribution >= 0.6 is 0 Å². The summed E-state index contributed by atoms with van der Waals surface area (Å²) in [4.78, 5) is 14.7. The van der Waals surface area contributed by atoms with E-state index in [1.807, 2.05) is 54.6 Å². The lowest BCUT2D eigenvalue weighted by Gasteiger charge is -2.35. The first-order chi connectivity index (χ1) is 12.6. The minimum absolute atomic E-state index is 0.0130. The molecule has 1 N–H and O–H groups in total. The van der Waals surface area contributed by atoms with Crippen molar-refractivity contribution in [3.63, 3.8) is 0 Å². The number of rotatable bonds is 6. The first-order valence-corrected chi connectivity index (χ1v) is 9.10. The fourth-order valence-corrected chi connectivity index (χ4v) is 3.21. The van der Waals surface area contributed by atoms with Crippen molar-refractivity contribution in [2.24, 2.45) is 0 Å². The molecular weight excluding hydrogens is 328 g/mol. The monoisotopic (exact) mass is 354 g/mol. The molecule has 0 spiro atoms. The second-order valence-electron chi connectivity index (χ2n) is 6.73. The summed E-state index contributed by atoms with van der Waals surface area (Å²) < 4.78 is 11.6. The van der Waals surface area contributed by atoms with E-state index in [9.17, 15) is 4.79 Å². The van der Waals surface area contributed by atoms with E-state index < -0.39 is 0 Å². The van der Waals surface area contributed by atoms with Gasteiger partial charge in [0, 0.05) is 26.1 Å². The maximum atomic E-state index is 12.4. The summed E-state index contributed by atoms with van der Waals surface area (Å²) in [5.41, 5.74) is 0.685. The summed E-state index contributed by atoms with van der Waals surface area (Å²) >= 11 is 0. The number of amides is 1. The van der Waals surface area contributed by atoms with Crippen molar-refractivity contribution in [3.05, 3.63) is 54.6 Å². The van der Waals surface area contributed by atoms with Gasteiger partial charge in [-0.1, -0.05) is 30.3 Å². The molecule has 1 aliphatic rings. The molecule has 2 atom stereocenters. The summed E-state index contributed by atoms with van der Waals surface area (Å²) in [6.07, 6.45) is 0.864. The lowest BCUT2D eigenvalue weighted by Crippen LogP contribution is -2.46. The van der Waals surface area contributed by atoms with Crippen LogP contribution in [-0.2, 0) is 9.53 Å². The van der Waals surface area contributed by atoms with Gasteiger partial charge in [0.05, 0.1) is 17.9 Å². The molecule has 1 saturated heterocycles. The zero-order valence-electron chi connectivity index (χ0n) is 15.4. The first kappa shape index (κ1) is 18.4. The van der Waals surface area contributed by atoms with Crippen molar-refractivity contribution < 1.29 is 14.3 Å². The Morgan fingerprint density at radius 3 is 2.46 bits per heavy atom. The van der Waals surface area contributed by atoms with Gasteiger partial charge in [0.25, 0.3) is 0 Å². The number of nitrogens with one attached hydrogen (secondary N) is 1. The van der Waals surface area contributed by atoms with Crippen LogP contribution in [0, 0.1) is 0 Å². The van der Waals surface area contributed by atoms with E-state index in [2.05, 4.69) is 24.1 Å². The Labute approximate surface area is 154 Å². The Hall–Kier alpha value is -2.37. The molecule has 3 rings (SSSR count). The molecule has 1 amide bonds. The van der Waals surface area contributed by atoms with Crippen LogP contribution < -0.4 is 10.1 Å². The molecule has 0 radical (unpaired) electrons. The molecule has 0 aromatic heterocycles. The van der Waals surface area contributed by atoms with E-state index in [0.29, 0.717) is 17.9 Å². The van der Waals surface area contributed by atoms with Crippen molar-refractivity contribution in [1.82, 2.24) is 4.90 Å². The van der Waals surface area contributed by atoms with E-state index in [0.717, 1.165) is 25.4 Å². The van der Waals surface area contributed by atoms with Crippen LogP contribution in [0.15, 0.2) is 54.6 Å². The number of carbonyl (C=O) groups is 1. The number of nitrogens with zero attached hydrogens (tertiary/aromatic N) is 1. The number of hydrogen-bond acceptors (Lipinski definition) is 4. The van der Waals surface area contributed by atoms with Crippen molar-refractivity contribution in [2.75, 3.05) is 25.0 Å². The molecule has 1 aliphatic heterocycles. The fraction of sp³-hybridized carbons (Fsp3) is 0.381. The van der Waals surface area contributed by atoms with Crippen LogP contribution in [0.4, 0.5) is 5.69 Å². The molecule has 0 bridgehead atoms. The van der Waals surface area contributed by atoms with Gasteiger partial charge >= 0.3 is 0 Å². The van der Waals surface area contributed by atoms with Gasteiger partial charge < -0.3 is 14.8 Å². The van der Waals surface area contributed by atoms with Gasteiger partial charge in [0.1, 0.15) is 5.75 Å². The number of hydrogen-bond donors (Lipinski definition) is 1. The third kappa shape index (κ3) is 5.31. The van der Waals surface area contributed by atoms with Crippen molar-refractivity contribution in [3.8, 4) is 11.5 Å². The smallest absolute Gasteiger partial charge is 0.225 e. The topological polar surface area (TPSA) is 50.8 Å². The molecule has 1 fully saturated rings. The van der Waals surface area contributed by atoms with Crippen LogP contribution in [0.1, 0.15) is 20.3 Å². The van der Waals surface area contributed by atoms with Crippen LogP contribution in [0.5, 0.6) is 11.5 Å². The lowest BCUT2D eigenvalue weighted by atomic mass is 10.2. The first-order valence-electron chi connectivity index (χ1n) is 9.10. The Kier molecular flexibility index (Phi) is 6.26. The molecular formula is C21H26N2O3. The van der Waals surface area contributed by atoms with Crippen LogP contribution in [-0.4, -0.2) is 42.6 Å². The zero-order valence-corrected chi connectivity index (χ0v) is 15.4. The highest BCUT2D eigenvalue weighted by Crippen LogP contribution is 2.29. The van der Waals surface area contributed by atoms with E-state index in [1.54, 1.807) is 0 Å². The SMILES string of the molecule is C[C@H]1CN(CCC(=O)Nc2ccccc2Oc2ccccc2)C[C@H](C)O1. The maximum Gasteiger partial charge on any atom is 0.225 e. The average molecular weight is 354 g/mol. The summed E-state index contributed by atoms with van der Waals surface area (Å²) in [7, 11) is 0. The average Bonchev–Trinajstić information content (AvgIpc) is 2.62. The number of carbonyl (C=O) groups excluding carboxylic acids is 1. The summed E-state index contributed by atoms with van der Waals surface area (Å²) in [5, 5.41) is 2.97. The molecule has 5 nitrogen and oxygen atoms in total. The highest BCUT2D eigenvalue weighted by Gasteiger charge is 2.22. The number of ether oxygens (including phenoxy) is 2. The number of anilines is 1. The van der Waals surface area contributed by atoms with Crippen LogP contribution in [0.3, 0.4) is 0 Å². The van der Waals surface area contributed by atoms with E-state index in [-0.39, 0.29) is 18.1 Å². The highest BCUT2D eigenvalue weighted by atomic mass is 16.5. The van der Waals surface area contributed by atoms with E-state index in [4.69, 9.17) is 9.47 Å². The van der Waals surface area contributed by atoms with Gasteiger partial charge in [-0.3, -0.25) is 9.69 Å². The van der Waals surface area contributed by atoms with Crippen molar-refractivity contribution >= 4 is 11.6 Å². The van der Waals surface area contributed by atoms with Crippen LogP contribution in [0.2, 0.25) is 0 Å². The molecule has 5 heteroatoms. The molecule has 138 valence electrons. The number of benzene rings is 2.